The lowest BCUT2D eigenvalue weighted by molar-refractivity contribution is -0.670. The van der Waals surface area contributed by atoms with E-state index in [1.807, 2.05) is 24.3 Å². The Morgan fingerprint density at radius 1 is 1.17 bits per heavy atom. The van der Waals surface area contributed by atoms with Crippen LogP contribution in [0.15, 0.2) is 42.5 Å². The minimum absolute atomic E-state index is 0.128. The summed E-state index contributed by atoms with van der Waals surface area (Å²) in [6.07, 6.45) is 0.938. The van der Waals surface area contributed by atoms with Crippen LogP contribution >= 0.6 is 0 Å². The first-order valence-corrected chi connectivity index (χ1v) is 7.89. The molecule has 3 rings (SSSR count). The second-order valence-corrected chi connectivity index (χ2v) is 5.76. The number of hydrogen-bond donors (Lipinski definition) is 2. The number of hydrogen-bond acceptors (Lipinski definition) is 1. The molecule has 0 unspecified atom stereocenters. The van der Waals surface area contributed by atoms with Crippen LogP contribution in [0.25, 0.3) is 10.9 Å². The van der Waals surface area contributed by atoms with Crippen molar-refractivity contribution in [2.75, 3.05) is 13.7 Å². The van der Waals surface area contributed by atoms with Crippen LogP contribution in [0.3, 0.4) is 0 Å². The normalized spacial score (nSPS) is 11.1. The number of nitrogens with one attached hydrogen (secondary N) is 1. The van der Waals surface area contributed by atoms with E-state index in [0.29, 0.717) is 6.54 Å². The van der Waals surface area contributed by atoms with Gasteiger partial charge in [0.25, 0.3) is 0 Å². The van der Waals surface area contributed by atoms with Crippen LogP contribution in [-0.2, 0) is 13.0 Å². The third kappa shape index (κ3) is 3.37. The van der Waals surface area contributed by atoms with E-state index in [1.54, 1.807) is 13.2 Å². The molecule has 3 nitrogen and oxygen atoms in total. The largest absolute Gasteiger partial charge is 0.497 e. The Morgan fingerprint density at radius 3 is 2.78 bits per heavy atom. The van der Waals surface area contributed by atoms with E-state index >= 15 is 0 Å². The highest BCUT2D eigenvalue weighted by molar-refractivity contribution is 5.86. The molecule has 0 amide bonds. The molecule has 0 saturated carbocycles. The number of benzene rings is 2. The Labute approximate surface area is 135 Å². The summed E-state index contributed by atoms with van der Waals surface area (Å²) < 4.78 is 18.9. The predicted octanol–water partition coefficient (Wildman–Crippen LogP) is 2.93. The van der Waals surface area contributed by atoms with Crippen LogP contribution < -0.4 is 10.1 Å². The summed E-state index contributed by atoms with van der Waals surface area (Å²) in [6, 6.07) is 13.0. The van der Waals surface area contributed by atoms with E-state index in [4.69, 9.17) is 4.74 Å². The second kappa shape index (κ2) is 6.84. The van der Waals surface area contributed by atoms with Crippen LogP contribution in [-0.4, -0.2) is 18.6 Å². The molecule has 0 atom stereocenters. The molecule has 0 bridgehead atoms. The summed E-state index contributed by atoms with van der Waals surface area (Å²) in [5, 5.41) is 3.36. The molecule has 1 heterocycles. The van der Waals surface area contributed by atoms with E-state index in [1.165, 1.54) is 22.7 Å². The average molecular weight is 313 g/mol. The number of aromatic amines is 1. The summed E-state index contributed by atoms with van der Waals surface area (Å²) in [6.45, 7) is 3.68. The summed E-state index contributed by atoms with van der Waals surface area (Å²) in [5.41, 5.74) is 4.38. The number of methoxy groups -OCH3 is 1. The molecule has 1 aromatic heterocycles. The van der Waals surface area contributed by atoms with Gasteiger partial charge >= 0.3 is 0 Å². The maximum Gasteiger partial charge on any atom is 0.132 e. The molecule has 0 radical (unpaired) electrons. The van der Waals surface area contributed by atoms with Gasteiger partial charge in [-0.1, -0.05) is 18.2 Å². The van der Waals surface area contributed by atoms with Gasteiger partial charge in [0, 0.05) is 28.6 Å². The van der Waals surface area contributed by atoms with Gasteiger partial charge in [0.05, 0.1) is 13.7 Å². The van der Waals surface area contributed by atoms with Crippen molar-refractivity contribution in [2.24, 2.45) is 0 Å². The first-order valence-electron chi connectivity index (χ1n) is 7.89. The van der Waals surface area contributed by atoms with Gasteiger partial charge in [0.1, 0.15) is 18.1 Å². The van der Waals surface area contributed by atoms with Crippen molar-refractivity contribution in [1.82, 2.24) is 4.98 Å². The van der Waals surface area contributed by atoms with Gasteiger partial charge in [0.2, 0.25) is 0 Å². The summed E-state index contributed by atoms with van der Waals surface area (Å²) >= 11 is 0. The zero-order chi connectivity index (χ0) is 16.2. The monoisotopic (exact) mass is 313 g/mol. The fourth-order valence-corrected chi connectivity index (χ4v) is 2.98. The smallest absolute Gasteiger partial charge is 0.132 e. The molecule has 4 heteroatoms. The molecule has 0 spiro atoms. The number of nitrogens with two attached hydrogens (primary N) is 1. The molecule has 0 aliphatic carbocycles. The van der Waals surface area contributed by atoms with E-state index < -0.39 is 0 Å². The van der Waals surface area contributed by atoms with Gasteiger partial charge in [-0.05, 0) is 36.8 Å². The summed E-state index contributed by atoms with van der Waals surface area (Å²) in [5.74, 6) is 0.741. The highest BCUT2D eigenvalue weighted by atomic mass is 19.1. The molecule has 0 fully saturated rings. The van der Waals surface area contributed by atoms with Crippen molar-refractivity contribution in [3.63, 3.8) is 0 Å². The van der Waals surface area contributed by atoms with Crippen molar-refractivity contribution < 1.29 is 14.4 Å². The van der Waals surface area contributed by atoms with E-state index in [-0.39, 0.29) is 5.82 Å². The highest BCUT2D eigenvalue weighted by Gasteiger charge is 2.10. The van der Waals surface area contributed by atoms with E-state index in [2.05, 4.69) is 23.3 Å². The minimum Gasteiger partial charge on any atom is -0.497 e. The van der Waals surface area contributed by atoms with Crippen molar-refractivity contribution in [1.29, 1.82) is 0 Å². The summed E-state index contributed by atoms with van der Waals surface area (Å²) in [7, 11) is 1.68. The number of rotatable bonds is 6. The molecular formula is C19H22FN2O+. The molecule has 3 aromatic rings. The fraction of sp³-hybridized carbons (Fsp3) is 0.263. The van der Waals surface area contributed by atoms with Crippen molar-refractivity contribution >= 4 is 10.9 Å². The Kier molecular flexibility index (Phi) is 4.63. The maximum absolute atomic E-state index is 13.6. The molecule has 120 valence electrons. The van der Waals surface area contributed by atoms with Crippen molar-refractivity contribution in [3.8, 4) is 5.75 Å². The number of aryl methyl sites for hydroxylation is 1. The van der Waals surface area contributed by atoms with Gasteiger partial charge in [-0.25, -0.2) is 4.39 Å². The molecule has 0 aliphatic heterocycles. The molecule has 3 N–H and O–H groups in total. The molecular weight excluding hydrogens is 291 g/mol. The summed E-state index contributed by atoms with van der Waals surface area (Å²) in [4.78, 5) is 3.42. The van der Waals surface area contributed by atoms with Crippen LogP contribution in [0.4, 0.5) is 4.39 Å². The lowest BCUT2D eigenvalue weighted by atomic mass is 10.1. The van der Waals surface area contributed by atoms with Gasteiger partial charge in [-0.3, -0.25) is 0 Å². The van der Waals surface area contributed by atoms with Crippen LogP contribution in [0, 0.1) is 12.7 Å². The van der Waals surface area contributed by atoms with Crippen molar-refractivity contribution in [3.05, 3.63) is 65.1 Å². The van der Waals surface area contributed by atoms with Gasteiger partial charge in [-0.15, -0.1) is 0 Å². The quantitative estimate of drug-likeness (QED) is 0.675. The van der Waals surface area contributed by atoms with Crippen molar-refractivity contribution in [2.45, 2.75) is 19.9 Å². The molecule has 0 saturated heterocycles. The number of quaternary nitrogens is 1. The number of ether oxygens (including phenoxy) is 1. The Hall–Kier alpha value is -2.33. The number of fused-ring (bicyclic) bond motifs is 1. The Morgan fingerprint density at radius 2 is 2.00 bits per heavy atom. The van der Waals surface area contributed by atoms with Crippen LogP contribution in [0.5, 0.6) is 5.75 Å². The SMILES string of the molecule is COc1ccc2[nH]c(C)c(CC[NH2+]Cc3ccccc3F)c2c1. The molecule has 2 aromatic carbocycles. The third-order valence-corrected chi connectivity index (χ3v) is 4.25. The zero-order valence-electron chi connectivity index (χ0n) is 13.5. The fourth-order valence-electron chi connectivity index (χ4n) is 2.98. The first kappa shape index (κ1) is 15.6. The molecule has 0 aliphatic rings. The van der Waals surface area contributed by atoms with Gasteiger partial charge < -0.3 is 15.0 Å². The predicted molar refractivity (Wildman–Crippen MR) is 90.2 cm³/mol. The third-order valence-electron chi connectivity index (χ3n) is 4.25. The van der Waals surface area contributed by atoms with E-state index in [0.717, 1.165) is 29.8 Å². The van der Waals surface area contributed by atoms with Crippen LogP contribution in [0.1, 0.15) is 16.8 Å². The number of H-pyrrole nitrogens is 1. The topological polar surface area (TPSA) is 41.6 Å². The van der Waals surface area contributed by atoms with Crippen LogP contribution in [0.2, 0.25) is 0 Å². The Balaban J connectivity index is 1.67. The zero-order valence-corrected chi connectivity index (χ0v) is 13.5. The first-order chi connectivity index (χ1) is 11.2. The second-order valence-electron chi connectivity index (χ2n) is 5.76. The number of halogens is 1. The highest BCUT2D eigenvalue weighted by Crippen LogP contribution is 2.26. The standard InChI is InChI=1S/C19H21FN2O/c1-13-16(17-11-15(23-2)7-8-19(17)22-13)9-10-21-12-14-5-3-4-6-18(14)20/h3-8,11,21-22H,9-10,12H2,1-2H3/p+1. The van der Waals surface area contributed by atoms with E-state index in [9.17, 15) is 4.39 Å². The van der Waals surface area contributed by atoms with Gasteiger partial charge in [0.15, 0.2) is 0 Å². The maximum atomic E-state index is 13.6. The van der Waals surface area contributed by atoms with Gasteiger partial charge in [-0.2, -0.15) is 0 Å². The lowest BCUT2D eigenvalue weighted by Crippen LogP contribution is -2.83. The minimum atomic E-state index is -0.128. The number of aromatic nitrogens is 1. The Bertz CT molecular complexity index is 810. The average Bonchev–Trinajstić information content (AvgIpc) is 2.87. The molecule has 23 heavy (non-hydrogen) atoms. The lowest BCUT2D eigenvalue weighted by Gasteiger charge is -2.05.